The lowest BCUT2D eigenvalue weighted by atomic mass is 10.1. The van der Waals surface area contributed by atoms with E-state index in [4.69, 9.17) is 5.73 Å². The monoisotopic (exact) mass is 361 g/mol. The molecule has 4 aromatic rings. The highest BCUT2D eigenvalue weighted by atomic mass is 16.1. The third kappa shape index (κ3) is 3.42. The Hall–Kier alpha value is -3.52. The number of H-pyrrole nitrogens is 1. The van der Waals surface area contributed by atoms with E-state index in [1.165, 1.54) is 0 Å². The lowest BCUT2D eigenvalue weighted by Gasteiger charge is -2.05. The van der Waals surface area contributed by atoms with Crippen molar-refractivity contribution in [1.82, 2.24) is 25.0 Å². The average Bonchev–Trinajstić information content (AvgIpc) is 3.28. The Morgan fingerprint density at radius 2 is 1.96 bits per heavy atom. The first-order chi connectivity index (χ1) is 13.1. The second kappa shape index (κ2) is 7.00. The highest BCUT2D eigenvalue weighted by molar-refractivity contribution is 5.95. The van der Waals surface area contributed by atoms with Crippen LogP contribution >= 0.6 is 0 Å². The van der Waals surface area contributed by atoms with E-state index >= 15 is 0 Å². The lowest BCUT2D eigenvalue weighted by Crippen LogP contribution is -2.15. The Balaban J connectivity index is 1.46. The molecule has 0 aliphatic carbocycles. The van der Waals surface area contributed by atoms with Crippen LogP contribution < -0.4 is 11.1 Å². The van der Waals surface area contributed by atoms with E-state index in [2.05, 4.69) is 25.6 Å². The molecule has 0 atom stereocenters. The van der Waals surface area contributed by atoms with E-state index in [1.54, 1.807) is 4.68 Å². The molecule has 27 heavy (non-hydrogen) atoms. The summed E-state index contributed by atoms with van der Waals surface area (Å²) in [5.41, 5.74) is 8.85. The minimum Gasteiger partial charge on any atom is -0.326 e. The van der Waals surface area contributed by atoms with E-state index < -0.39 is 0 Å². The molecule has 2 aromatic heterocycles. The number of rotatable bonds is 5. The van der Waals surface area contributed by atoms with Gasteiger partial charge in [0.1, 0.15) is 5.82 Å². The number of aromatic nitrogens is 5. The standard InChI is InChI=1S/C19H19N7O/c1-26-16-5-3-2-4-14(16)15(25-26)10-18(27)21-13-8-6-12(7-9-13)19-22-17(11-20)23-24-19/h2-9H,10-11,20H2,1H3,(H,21,27)(H,22,23,24). The Labute approximate surface area is 155 Å². The molecule has 0 saturated carbocycles. The number of nitrogens with one attached hydrogen (secondary N) is 2. The first-order valence-corrected chi connectivity index (χ1v) is 8.56. The molecule has 0 aliphatic rings. The Bertz CT molecular complexity index is 1090. The number of hydrogen-bond acceptors (Lipinski definition) is 5. The number of carbonyl (C=O) groups is 1. The molecule has 0 unspecified atom stereocenters. The molecule has 2 heterocycles. The van der Waals surface area contributed by atoms with E-state index in [0.29, 0.717) is 23.9 Å². The zero-order valence-electron chi connectivity index (χ0n) is 14.8. The van der Waals surface area contributed by atoms with Crippen LogP contribution in [0.3, 0.4) is 0 Å². The van der Waals surface area contributed by atoms with Crippen LogP contribution in [0.2, 0.25) is 0 Å². The predicted molar refractivity (Wildman–Crippen MR) is 103 cm³/mol. The minimum atomic E-state index is -0.116. The molecule has 8 nitrogen and oxygen atoms in total. The topological polar surface area (TPSA) is 115 Å². The maximum absolute atomic E-state index is 12.4. The summed E-state index contributed by atoms with van der Waals surface area (Å²) in [7, 11) is 1.88. The minimum absolute atomic E-state index is 0.116. The summed E-state index contributed by atoms with van der Waals surface area (Å²) in [5, 5.41) is 15.3. The van der Waals surface area contributed by atoms with Gasteiger partial charge in [0, 0.05) is 23.7 Å². The number of hydrogen-bond donors (Lipinski definition) is 3. The number of nitrogens with zero attached hydrogens (tertiary/aromatic N) is 4. The summed E-state index contributed by atoms with van der Waals surface area (Å²) in [5.74, 6) is 1.09. The summed E-state index contributed by atoms with van der Waals surface area (Å²) < 4.78 is 1.79. The van der Waals surface area contributed by atoms with Gasteiger partial charge < -0.3 is 11.1 Å². The fourth-order valence-electron chi connectivity index (χ4n) is 2.99. The Kier molecular flexibility index (Phi) is 4.39. The summed E-state index contributed by atoms with van der Waals surface area (Å²) in [6, 6.07) is 15.2. The molecule has 0 radical (unpaired) electrons. The fourth-order valence-corrected chi connectivity index (χ4v) is 2.99. The van der Waals surface area contributed by atoms with Crippen molar-refractivity contribution in [3.05, 3.63) is 60.0 Å². The third-order valence-corrected chi connectivity index (χ3v) is 4.31. The van der Waals surface area contributed by atoms with Crippen molar-refractivity contribution in [2.24, 2.45) is 12.8 Å². The number of aryl methyl sites for hydroxylation is 1. The fraction of sp³-hybridized carbons (Fsp3) is 0.158. The number of carbonyl (C=O) groups excluding carboxylic acids is 1. The van der Waals surface area contributed by atoms with E-state index in [0.717, 1.165) is 22.2 Å². The highest BCUT2D eigenvalue weighted by Crippen LogP contribution is 2.20. The zero-order chi connectivity index (χ0) is 18.8. The number of nitrogens with two attached hydrogens (primary N) is 1. The smallest absolute Gasteiger partial charge is 0.230 e. The third-order valence-electron chi connectivity index (χ3n) is 4.31. The van der Waals surface area contributed by atoms with Crippen LogP contribution in [-0.4, -0.2) is 30.9 Å². The largest absolute Gasteiger partial charge is 0.326 e. The molecule has 8 heteroatoms. The zero-order valence-corrected chi connectivity index (χ0v) is 14.8. The molecule has 1 amide bonds. The SMILES string of the molecule is Cn1nc(CC(=O)Nc2ccc(-c3n[nH]c(CN)n3)cc2)c2ccccc21. The molecule has 0 spiro atoms. The van der Waals surface area contributed by atoms with Gasteiger partial charge in [-0.25, -0.2) is 4.98 Å². The quantitative estimate of drug-likeness (QED) is 0.503. The number of fused-ring (bicyclic) bond motifs is 1. The van der Waals surface area contributed by atoms with Gasteiger partial charge in [0.2, 0.25) is 5.91 Å². The van der Waals surface area contributed by atoms with Crippen LogP contribution in [0.4, 0.5) is 5.69 Å². The van der Waals surface area contributed by atoms with Crippen molar-refractivity contribution in [3.8, 4) is 11.4 Å². The van der Waals surface area contributed by atoms with Crippen LogP contribution in [0, 0.1) is 0 Å². The molecule has 4 rings (SSSR count). The molecule has 4 N–H and O–H groups in total. The number of anilines is 1. The Morgan fingerprint density at radius 1 is 1.19 bits per heavy atom. The van der Waals surface area contributed by atoms with Crippen LogP contribution in [0.1, 0.15) is 11.5 Å². The maximum Gasteiger partial charge on any atom is 0.230 e. The molecule has 0 saturated heterocycles. The van der Waals surface area contributed by atoms with Crippen molar-refractivity contribution in [1.29, 1.82) is 0 Å². The van der Waals surface area contributed by atoms with Crippen molar-refractivity contribution in [2.45, 2.75) is 13.0 Å². The van der Waals surface area contributed by atoms with Gasteiger partial charge in [0.25, 0.3) is 0 Å². The van der Waals surface area contributed by atoms with Gasteiger partial charge in [0.05, 0.1) is 24.2 Å². The van der Waals surface area contributed by atoms with Crippen molar-refractivity contribution in [2.75, 3.05) is 5.32 Å². The summed E-state index contributed by atoms with van der Waals surface area (Å²) in [6.45, 7) is 0.309. The van der Waals surface area contributed by atoms with Crippen molar-refractivity contribution < 1.29 is 4.79 Å². The number of para-hydroxylation sites is 1. The van der Waals surface area contributed by atoms with Gasteiger partial charge in [-0.15, -0.1) is 0 Å². The van der Waals surface area contributed by atoms with Crippen LogP contribution in [0.25, 0.3) is 22.3 Å². The van der Waals surface area contributed by atoms with E-state index in [1.807, 2.05) is 55.6 Å². The average molecular weight is 361 g/mol. The van der Waals surface area contributed by atoms with Gasteiger partial charge >= 0.3 is 0 Å². The summed E-state index contributed by atoms with van der Waals surface area (Å²) in [6.07, 6.45) is 0.212. The summed E-state index contributed by atoms with van der Waals surface area (Å²) >= 11 is 0. The molecular weight excluding hydrogens is 342 g/mol. The van der Waals surface area contributed by atoms with Crippen molar-refractivity contribution >= 4 is 22.5 Å². The molecule has 0 aliphatic heterocycles. The van der Waals surface area contributed by atoms with Crippen LogP contribution in [0.15, 0.2) is 48.5 Å². The van der Waals surface area contributed by atoms with E-state index in [-0.39, 0.29) is 12.3 Å². The molecule has 0 bridgehead atoms. The van der Waals surface area contributed by atoms with Gasteiger partial charge in [-0.2, -0.15) is 10.2 Å². The second-order valence-corrected chi connectivity index (χ2v) is 6.20. The van der Waals surface area contributed by atoms with E-state index in [9.17, 15) is 4.79 Å². The highest BCUT2D eigenvalue weighted by Gasteiger charge is 2.12. The Morgan fingerprint density at radius 3 is 2.70 bits per heavy atom. The number of benzene rings is 2. The van der Waals surface area contributed by atoms with Gasteiger partial charge in [-0.3, -0.25) is 14.6 Å². The van der Waals surface area contributed by atoms with Gasteiger partial charge in [-0.05, 0) is 30.3 Å². The van der Waals surface area contributed by atoms with Gasteiger partial charge in [0.15, 0.2) is 5.82 Å². The summed E-state index contributed by atoms with van der Waals surface area (Å²) in [4.78, 5) is 16.7. The van der Waals surface area contributed by atoms with Gasteiger partial charge in [-0.1, -0.05) is 18.2 Å². The molecule has 0 fully saturated rings. The van der Waals surface area contributed by atoms with Crippen LogP contribution in [-0.2, 0) is 24.8 Å². The lowest BCUT2D eigenvalue weighted by molar-refractivity contribution is -0.115. The predicted octanol–water partition coefficient (Wildman–Crippen LogP) is 2.00. The first-order valence-electron chi connectivity index (χ1n) is 8.56. The molecule has 136 valence electrons. The van der Waals surface area contributed by atoms with Crippen molar-refractivity contribution in [3.63, 3.8) is 0 Å². The van der Waals surface area contributed by atoms with Crippen LogP contribution in [0.5, 0.6) is 0 Å². The normalized spacial score (nSPS) is 11.0. The molecule has 2 aromatic carbocycles. The first kappa shape index (κ1) is 16.9. The molecular formula is C19H19N7O. The second-order valence-electron chi connectivity index (χ2n) is 6.20. The maximum atomic E-state index is 12.4. The number of amides is 1. The number of aromatic amines is 1.